The van der Waals surface area contributed by atoms with Crippen molar-refractivity contribution < 1.29 is 9.90 Å². The fourth-order valence-corrected chi connectivity index (χ4v) is 0.413. The fourth-order valence-electron chi connectivity index (χ4n) is 0.413. The molecule has 0 heterocycles. The number of carbonyl (C=O) groups is 1. The van der Waals surface area contributed by atoms with Crippen LogP contribution < -0.4 is 11.5 Å². The van der Waals surface area contributed by atoms with E-state index in [0.29, 0.717) is 6.54 Å². The lowest BCUT2D eigenvalue weighted by Crippen LogP contribution is -2.43. The largest absolute Gasteiger partial charge is 0.481 e. The molecule has 72 valence electrons. The Kier molecular flexibility index (Phi) is 7.78. The van der Waals surface area contributed by atoms with Crippen LogP contribution in [0.5, 0.6) is 0 Å². The van der Waals surface area contributed by atoms with Crippen LogP contribution in [0.2, 0.25) is 0 Å². The zero-order valence-corrected chi connectivity index (χ0v) is 7.71. The molecule has 0 saturated carbocycles. The SMILES string of the molecule is C=CCC(C)(N)CN.CC(=O)O. The molecule has 0 aromatic rings. The minimum absolute atomic E-state index is 0.248. The number of carboxylic acids is 1. The first-order valence-corrected chi connectivity index (χ1v) is 3.65. The molecule has 1 atom stereocenters. The quantitative estimate of drug-likeness (QED) is 0.538. The maximum Gasteiger partial charge on any atom is 0.300 e. The number of rotatable bonds is 3. The van der Waals surface area contributed by atoms with Crippen LogP contribution in [0.4, 0.5) is 0 Å². The molecule has 4 heteroatoms. The van der Waals surface area contributed by atoms with Crippen LogP contribution in [0.15, 0.2) is 12.7 Å². The van der Waals surface area contributed by atoms with E-state index in [1.54, 1.807) is 6.08 Å². The van der Waals surface area contributed by atoms with E-state index in [9.17, 15) is 0 Å². The number of hydrogen-bond donors (Lipinski definition) is 3. The molecule has 0 radical (unpaired) electrons. The van der Waals surface area contributed by atoms with Crippen LogP contribution in [0.3, 0.4) is 0 Å². The standard InChI is InChI=1S/C6H14N2.C2H4O2/c1-3-4-6(2,8)5-7;1-2(3)4/h3H,1,4-5,7-8H2,2H3;1H3,(H,3,4). The molecule has 0 aliphatic heterocycles. The molecule has 12 heavy (non-hydrogen) atoms. The molecule has 0 fully saturated rings. The first kappa shape index (κ1) is 13.7. The molecule has 4 nitrogen and oxygen atoms in total. The summed E-state index contributed by atoms with van der Waals surface area (Å²) in [5.74, 6) is -0.833. The third-order valence-electron chi connectivity index (χ3n) is 1.08. The third-order valence-corrected chi connectivity index (χ3v) is 1.08. The summed E-state index contributed by atoms with van der Waals surface area (Å²) in [6.45, 7) is 7.07. The number of aliphatic carboxylic acids is 1. The van der Waals surface area contributed by atoms with Gasteiger partial charge in [0, 0.05) is 19.0 Å². The molecule has 0 rings (SSSR count). The molecule has 0 spiro atoms. The van der Waals surface area contributed by atoms with Crippen LogP contribution in [-0.4, -0.2) is 23.2 Å². The Balaban J connectivity index is 0. The van der Waals surface area contributed by atoms with Crippen molar-refractivity contribution in [3.63, 3.8) is 0 Å². The van der Waals surface area contributed by atoms with Crippen LogP contribution >= 0.6 is 0 Å². The van der Waals surface area contributed by atoms with Gasteiger partial charge in [0.05, 0.1) is 0 Å². The Morgan fingerprint density at radius 1 is 1.75 bits per heavy atom. The van der Waals surface area contributed by atoms with Crippen molar-refractivity contribution in [2.45, 2.75) is 25.8 Å². The molecule has 0 aromatic carbocycles. The molecule has 0 bridgehead atoms. The van der Waals surface area contributed by atoms with Gasteiger partial charge in [0.1, 0.15) is 0 Å². The molecule has 0 aliphatic carbocycles. The highest BCUT2D eigenvalue weighted by molar-refractivity contribution is 5.62. The van der Waals surface area contributed by atoms with Gasteiger partial charge in [-0.25, -0.2) is 0 Å². The average molecular weight is 174 g/mol. The number of carboxylic acid groups (broad SMARTS) is 1. The van der Waals surface area contributed by atoms with Crippen LogP contribution in [0.1, 0.15) is 20.3 Å². The van der Waals surface area contributed by atoms with E-state index < -0.39 is 5.97 Å². The zero-order chi connectivity index (χ0) is 10.2. The van der Waals surface area contributed by atoms with Gasteiger partial charge in [0.25, 0.3) is 5.97 Å². The van der Waals surface area contributed by atoms with Gasteiger partial charge in [0.2, 0.25) is 0 Å². The maximum atomic E-state index is 9.00. The molecule has 0 aromatic heterocycles. The Morgan fingerprint density at radius 2 is 2.08 bits per heavy atom. The van der Waals surface area contributed by atoms with E-state index in [-0.39, 0.29) is 5.54 Å². The van der Waals surface area contributed by atoms with E-state index in [2.05, 4.69) is 6.58 Å². The van der Waals surface area contributed by atoms with Crippen LogP contribution in [0, 0.1) is 0 Å². The summed E-state index contributed by atoms with van der Waals surface area (Å²) in [7, 11) is 0. The van der Waals surface area contributed by atoms with Gasteiger partial charge >= 0.3 is 0 Å². The van der Waals surface area contributed by atoms with Gasteiger partial charge in [-0.05, 0) is 13.3 Å². The van der Waals surface area contributed by atoms with Gasteiger partial charge < -0.3 is 16.6 Å². The predicted molar refractivity (Wildman–Crippen MR) is 49.8 cm³/mol. The zero-order valence-electron chi connectivity index (χ0n) is 7.71. The highest BCUT2D eigenvalue weighted by Crippen LogP contribution is 2.01. The summed E-state index contributed by atoms with van der Waals surface area (Å²) in [6, 6.07) is 0. The van der Waals surface area contributed by atoms with E-state index in [1.807, 2.05) is 6.92 Å². The third kappa shape index (κ3) is 16.1. The molecule has 0 amide bonds. The summed E-state index contributed by atoms with van der Waals surface area (Å²) in [5.41, 5.74) is 10.7. The minimum Gasteiger partial charge on any atom is -0.481 e. The monoisotopic (exact) mass is 174 g/mol. The molecule has 0 aliphatic rings. The van der Waals surface area contributed by atoms with E-state index in [0.717, 1.165) is 13.3 Å². The Labute approximate surface area is 73.2 Å². The Hall–Kier alpha value is -0.870. The van der Waals surface area contributed by atoms with Crippen molar-refractivity contribution in [2.24, 2.45) is 11.5 Å². The van der Waals surface area contributed by atoms with Gasteiger partial charge in [-0.15, -0.1) is 6.58 Å². The lowest BCUT2D eigenvalue weighted by molar-refractivity contribution is -0.134. The lowest BCUT2D eigenvalue weighted by Gasteiger charge is -2.19. The lowest BCUT2D eigenvalue weighted by atomic mass is 10.0. The first-order chi connectivity index (χ1) is 5.35. The van der Waals surface area contributed by atoms with Crippen molar-refractivity contribution in [1.82, 2.24) is 0 Å². The second kappa shape index (κ2) is 6.82. The fraction of sp³-hybridized carbons (Fsp3) is 0.625. The second-order valence-electron chi connectivity index (χ2n) is 2.87. The van der Waals surface area contributed by atoms with E-state index in [4.69, 9.17) is 21.4 Å². The molecule has 0 saturated heterocycles. The van der Waals surface area contributed by atoms with Crippen LogP contribution in [-0.2, 0) is 4.79 Å². The summed E-state index contributed by atoms with van der Waals surface area (Å²) >= 11 is 0. The summed E-state index contributed by atoms with van der Waals surface area (Å²) < 4.78 is 0. The highest BCUT2D eigenvalue weighted by Gasteiger charge is 2.11. The summed E-state index contributed by atoms with van der Waals surface area (Å²) in [5, 5.41) is 7.42. The minimum atomic E-state index is -0.833. The topological polar surface area (TPSA) is 89.3 Å². The first-order valence-electron chi connectivity index (χ1n) is 3.65. The smallest absolute Gasteiger partial charge is 0.300 e. The Morgan fingerprint density at radius 3 is 2.17 bits per heavy atom. The highest BCUT2D eigenvalue weighted by atomic mass is 16.4. The van der Waals surface area contributed by atoms with E-state index >= 15 is 0 Å². The summed E-state index contributed by atoms with van der Waals surface area (Å²) in [4.78, 5) is 9.00. The molecular formula is C8H18N2O2. The molecule has 5 N–H and O–H groups in total. The van der Waals surface area contributed by atoms with Crippen molar-refractivity contribution in [3.8, 4) is 0 Å². The van der Waals surface area contributed by atoms with Gasteiger partial charge in [-0.3, -0.25) is 4.79 Å². The number of nitrogens with two attached hydrogens (primary N) is 2. The average Bonchev–Trinajstić information content (AvgIpc) is 1.86. The van der Waals surface area contributed by atoms with Crippen molar-refractivity contribution in [2.75, 3.05) is 6.54 Å². The summed E-state index contributed by atoms with van der Waals surface area (Å²) in [6.07, 6.45) is 2.57. The van der Waals surface area contributed by atoms with Gasteiger partial charge in [-0.1, -0.05) is 6.08 Å². The van der Waals surface area contributed by atoms with Crippen LogP contribution in [0.25, 0.3) is 0 Å². The molecular weight excluding hydrogens is 156 g/mol. The predicted octanol–water partition coefficient (Wildman–Crippen LogP) is 0.330. The second-order valence-corrected chi connectivity index (χ2v) is 2.87. The normalized spacial score (nSPS) is 13.7. The molecule has 1 unspecified atom stereocenters. The maximum absolute atomic E-state index is 9.00. The van der Waals surface area contributed by atoms with Gasteiger partial charge in [-0.2, -0.15) is 0 Å². The van der Waals surface area contributed by atoms with E-state index in [1.165, 1.54) is 0 Å². The van der Waals surface area contributed by atoms with Gasteiger partial charge in [0.15, 0.2) is 0 Å². The van der Waals surface area contributed by atoms with Crippen molar-refractivity contribution in [1.29, 1.82) is 0 Å². The van der Waals surface area contributed by atoms with Crippen molar-refractivity contribution in [3.05, 3.63) is 12.7 Å². The Bertz CT molecular complexity index is 140. The van der Waals surface area contributed by atoms with Crippen molar-refractivity contribution >= 4 is 5.97 Å². The number of hydrogen-bond acceptors (Lipinski definition) is 3.